The second kappa shape index (κ2) is 9.37. The highest BCUT2D eigenvalue weighted by Crippen LogP contribution is 2.15. The van der Waals surface area contributed by atoms with Gasteiger partial charge in [-0.25, -0.2) is 15.2 Å². The molecule has 0 radical (unpaired) electrons. The van der Waals surface area contributed by atoms with Gasteiger partial charge < -0.3 is 19.2 Å². The molecule has 10 nitrogen and oxygen atoms in total. The summed E-state index contributed by atoms with van der Waals surface area (Å²) >= 11 is 3.11. The molecule has 1 aliphatic rings. The third kappa shape index (κ3) is 6.48. The molecule has 2 amide bonds. The number of rotatable bonds is 5. The fraction of sp³-hybridized carbons (Fsp3) is 0.647. The van der Waals surface area contributed by atoms with Crippen LogP contribution in [0.1, 0.15) is 39.3 Å². The van der Waals surface area contributed by atoms with Gasteiger partial charge in [0.15, 0.2) is 0 Å². The van der Waals surface area contributed by atoms with Gasteiger partial charge in [-0.3, -0.25) is 14.6 Å². The Morgan fingerprint density at radius 1 is 1.46 bits per heavy atom. The van der Waals surface area contributed by atoms with E-state index < -0.39 is 35.7 Å². The number of ether oxygens (including phenoxy) is 2. The molecule has 1 aromatic heterocycles. The summed E-state index contributed by atoms with van der Waals surface area (Å²) in [5, 5.41) is 3.90. The molecule has 2 heterocycles. The monoisotopic (exact) mass is 460 g/mol. The number of carbonyl (C=O) groups is 3. The Bertz CT molecular complexity index is 717. The molecule has 28 heavy (non-hydrogen) atoms. The van der Waals surface area contributed by atoms with Crippen molar-refractivity contribution in [3.63, 3.8) is 0 Å². The van der Waals surface area contributed by atoms with Crippen molar-refractivity contribution in [1.82, 2.24) is 20.7 Å². The maximum absolute atomic E-state index is 13.0. The predicted molar refractivity (Wildman–Crippen MR) is 101 cm³/mol. The van der Waals surface area contributed by atoms with E-state index >= 15 is 0 Å². The van der Waals surface area contributed by atoms with Gasteiger partial charge in [-0.15, -0.1) is 0 Å². The molecule has 1 saturated heterocycles. The van der Waals surface area contributed by atoms with E-state index in [4.69, 9.17) is 13.9 Å². The topological polar surface area (TPSA) is 123 Å². The van der Waals surface area contributed by atoms with Crippen LogP contribution in [0.15, 0.2) is 15.5 Å². The number of hydrazine groups is 1. The number of hydrogen-bond donors (Lipinski definition) is 2. The van der Waals surface area contributed by atoms with Crippen LogP contribution in [0.3, 0.4) is 0 Å². The van der Waals surface area contributed by atoms with Crippen molar-refractivity contribution in [2.45, 2.75) is 57.7 Å². The first-order chi connectivity index (χ1) is 13.1. The highest BCUT2D eigenvalue weighted by Gasteiger charge is 2.34. The number of carbonyl (C=O) groups excluding carboxylic acids is 3. The van der Waals surface area contributed by atoms with Crippen molar-refractivity contribution in [1.29, 1.82) is 0 Å². The minimum atomic E-state index is -0.962. The normalized spacial score (nSPS) is 18.3. The molecule has 0 aromatic carbocycles. The van der Waals surface area contributed by atoms with Crippen molar-refractivity contribution in [3.8, 4) is 0 Å². The lowest BCUT2D eigenvalue weighted by Crippen LogP contribution is -2.60. The summed E-state index contributed by atoms with van der Waals surface area (Å²) in [5.74, 6) is -0.867. The van der Waals surface area contributed by atoms with Crippen LogP contribution in [0, 0.1) is 0 Å². The van der Waals surface area contributed by atoms with E-state index in [-0.39, 0.29) is 11.2 Å². The van der Waals surface area contributed by atoms with Gasteiger partial charge in [0.2, 0.25) is 0 Å². The summed E-state index contributed by atoms with van der Waals surface area (Å²) in [4.78, 5) is 41.4. The van der Waals surface area contributed by atoms with Crippen LogP contribution in [-0.4, -0.2) is 59.3 Å². The van der Waals surface area contributed by atoms with Crippen molar-refractivity contribution in [3.05, 3.63) is 16.8 Å². The average Bonchev–Trinajstić information content (AvgIpc) is 3.03. The number of hydrogen-bond acceptors (Lipinski definition) is 8. The zero-order valence-electron chi connectivity index (χ0n) is 16.3. The molecule has 2 atom stereocenters. The summed E-state index contributed by atoms with van der Waals surface area (Å²) in [6.45, 7) is 5.57. The van der Waals surface area contributed by atoms with Crippen LogP contribution in [0.5, 0.6) is 0 Å². The number of methoxy groups -OCH3 is 1. The lowest BCUT2D eigenvalue weighted by molar-refractivity contribution is -0.150. The van der Waals surface area contributed by atoms with Gasteiger partial charge in [0.05, 0.1) is 12.8 Å². The van der Waals surface area contributed by atoms with Crippen LogP contribution in [0.4, 0.5) is 4.79 Å². The molecule has 2 unspecified atom stereocenters. The molecule has 0 bridgehead atoms. The van der Waals surface area contributed by atoms with E-state index in [9.17, 15) is 14.4 Å². The number of nitrogens with zero attached hydrogens (tertiary/aromatic N) is 2. The van der Waals surface area contributed by atoms with Gasteiger partial charge in [0.25, 0.3) is 10.7 Å². The second-order valence-electron chi connectivity index (χ2n) is 7.33. The number of halogens is 1. The van der Waals surface area contributed by atoms with Gasteiger partial charge in [0.1, 0.15) is 23.9 Å². The fourth-order valence-corrected chi connectivity index (χ4v) is 3.00. The third-order valence-electron chi connectivity index (χ3n) is 3.86. The molecular weight excluding hydrogens is 436 g/mol. The molecule has 1 aliphatic heterocycles. The summed E-state index contributed by atoms with van der Waals surface area (Å²) in [6.07, 6.45) is 1.93. The van der Waals surface area contributed by atoms with Gasteiger partial charge in [-0.2, -0.15) is 0 Å². The molecular formula is C17H25BrN4O6. The minimum Gasteiger partial charge on any atom is -0.468 e. The van der Waals surface area contributed by atoms with Crippen molar-refractivity contribution >= 4 is 33.9 Å². The van der Waals surface area contributed by atoms with Crippen molar-refractivity contribution in [2.24, 2.45) is 0 Å². The quantitative estimate of drug-likeness (QED) is 0.634. The van der Waals surface area contributed by atoms with E-state index in [0.29, 0.717) is 25.1 Å². The molecule has 156 valence electrons. The smallest absolute Gasteiger partial charge is 0.408 e. The fourth-order valence-electron chi connectivity index (χ4n) is 2.68. The SMILES string of the molecule is COC(=O)C1CCCN(C(=O)C(Cc2coc(Br)n2)NC(=O)OC(C)(C)C)N1. The summed E-state index contributed by atoms with van der Waals surface area (Å²) in [7, 11) is 1.29. The largest absolute Gasteiger partial charge is 0.468 e. The van der Waals surface area contributed by atoms with Crippen LogP contribution in [0.25, 0.3) is 0 Å². The molecule has 0 saturated carbocycles. The Labute approximate surface area is 171 Å². The molecule has 2 N–H and O–H groups in total. The van der Waals surface area contributed by atoms with Crippen LogP contribution >= 0.6 is 15.9 Å². The zero-order valence-corrected chi connectivity index (χ0v) is 17.9. The average molecular weight is 461 g/mol. The van der Waals surface area contributed by atoms with Crippen LogP contribution in [0.2, 0.25) is 0 Å². The number of esters is 1. The Morgan fingerprint density at radius 3 is 2.75 bits per heavy atom. The Kier molecular flexibility index (Phi) is 7.41. The minimum absolute atomic E-state index is 0.0915. The molecule has 0 spiro atoms. The van der Waals surface area contributed by atoms with E-state index in [2.05, 4.69) is 31.7 Å². The van der Waals surface area contributed by atoms with Gasteiger partial charge in [-0.05, 0) is 33.6 Å². The first-order valence-electron chi connectivity index (χ1n) is 8.84. The van der Waals surface area contributed by atoms with Crippen LogP contribution < -0.4 is 10.7 Å². The highest BCUT2D eigenvalue weighted by atomic mass is 79.9. The number of nitrogens with one attached hydrogen (secondary N) is 2. The summed E-state index contributed by atoms with van der Waals surface area (Å²) < 4.78 is 15.1. The van der Waals surface area contributed by atoms with Gasteiger partial charge >= 0.3 is 12.1 Å². The second-order valence-corrected chi connectivity index (χ2v) is 8.01. The highest BCUT2D eigenvalue weighted by molar-refractivity contribution is 9.10. The van der Waals surface area contributed by atoms with E-state index in [1.165, 1.54) is 18.4 Å². The number of oxazole rings is 1. The van der Waals surface area contributed by atoms with E-state index in [0.717, 1.165) is 0 Å². The van der Waals surface area contributed by atoms with Crippen molar-refractivity contribution < 1.29 is 28.3 Å². The standard InChI is InChI=1S/C17H25BrN4O6/c1-17(2,3)28-16(25)20-12(8-10-9-27-15(18)19-10)13(23)22-7-5-6-11(21-22)14(24)26-4/h9,11-12,21H,5-8H2,1-4H3,(H,20,25). The van der Waals surface area contributed by atoms with Gasteiger partial charge in [-0.1, -0.05) is 0 Å². The van der Waals surface area contributed by atoms with E-state index in [1.807, 2.05) is 0 Å². The summed E-state index contributed by atoms with van der Waals surface area (Å²) in [6, 6.07) is -1.58. The molecule has 2 rings (SSSR count). The zero-order chi connectivity index (χ0) is 20.9. The lowest BCUT2D eigenvalue weighted by Gasteiger charge is -2.34. The Hall–Kier alpha value is -2.14. The molecule has 0 aliphatic carbocycles. The summed E-state index contributed by atoms with van der Waals surface area (Å²) in [5.41, 5.74) is 2.62. The molecule has 11 heteroatoms. The molecule has 1 aromatic rings. The van der Waals surface area contributed by atoms with E-state index in [1.54, 1.807) is 20.8 Å². The number of amides is 2. The Balaban J connectivity index is 2.13. The maximum atomic E-state index is 13.0. The lowest BCUT2D eigenvalue weighted by atomic mass is 10.1. The predicted octanol–water partition coefficient (Wildman–Crippen LogP) is 1.54. The van der Waals surface area contributed by atoms with Gasteiger partial charge in [0, 0.05) is 28.9 Å². The first kappa shape index (κ1) is 22.2. The number of aromatic nitrogens is 1. The van der Waals surface area contributed by atoms with Crippen LogP contribution in [-0.2, 0) is 25.5 Å². The number of alkyl carbamates (subject to hydrolysis) is 1. The third-order valence-corrected chi connectivity index (χ3v) is 4.23. The molecule has 1 fully saturated rings. The Morgan fingerprint density at radius 2 is 2.18 bits per heavy atom. The first-order valence-corrected chi connectivity index (χ1v) is 9.63. The van der Waals surface area contributed by atoms with Crippen molar-refractivity contribution in [2.75, 3.05) is 13.7 Å². The maximum Gasteiger partial charge on any atom is 0.408 e.